The largest absolute Gasteiger partial charge is 0.586 e. The van der Waals surface area contributed by atoms with Crippen LogP contribution in [-0.2, 0) is 14.3 Å². The van der Waals surface area contributed by atoms with Crippen LogP contribution in [0.25, 0.3) is 0 Å². The molecule has 2 N–H and O–H groups in total. The summed E-state index contributed by atoms with van der Waals surface area (Å²) in [6, 6.07) is 3.72. The van der Waals surface area contributed by atoms with Gasteiger partial charge in [-0.1, -0.05) is 0 Å². The summed E-state index contributed by atoms with van der Waals surface area (Å²) in [5.41, 5.74) is 0.981. The van der Waals surface area contributed by atoms with Gasteiger partial charge in [-0.2, -0.15) is 0 Å². The molecule has 3 rings (SSSR count). The van der Waals surface area contributed by atoms with E-state index in [2.05, 4.69) is 20.1 Å². The maximum Gasteiger partial charge on any atom is 0.586 e. The fraction of sp³-hybridized carbons (Fsp3) is 0.278. The maximum atomic E-state index is 13.0. The predicted molar refractivity (Wildman–Crippen MR) is 99.7 cm³/mol. The molecule has 0 radical (unpaired) electrons. The molecule has 1 aromatic heterocycles. The molecule has 0 bridgehead atoms. The monoisotopic (exact) mass is 426 g/mol. The van der Waals surface area contributed by atoms with Gasteiger partial charge in [-0.05, 0) is 31.5 Å². The van der Waals surface area contributed by atoms with E-state index in [1.807, 2.05) is 0 Å². The molecule has 2 heterocycles. The number of nitrogens with one attached hydrogen (secondary N) is 2. The Morgan fingerprint density at radius 3 is 2.52 bits per heavy atom. The summed E-state index contributed by atoms with van der Waals surface area (Å²) >= 11 is 1.23. The molecule has 2 amide bonds. The molecule has 11 heteroatoms. The number of thiophene rings is 1. The lowest BCUT2D eigenvalue weighted by Gasteiger charge is -2.08. The topological polar surface area (TPSA) is 103 Å². The minimum absolute atomic E-state index is 0.159. The van der Waals surface area contributed by atoms with Gasteiger partial charge in [0, 0.05) is 23.6 Å². The molecule has 8 nitrogen and oxygen atoms in total. The van der Waals surface area contributed by atoms with Crippen molar-refractivity contribution in [2.24, 2.45) is 0 Å². The number of hydrogen-bond donors (Lipinski definition) is 2. The Bertz CT molecular complexity index is 1000. The molecule has 2 aromatic rings. The van der Waals surface area contributed by atoms with E-state index in [-0.39, 0.29) is 28.7 Å². The van der Waals surface area contributed by atoms with Gasteiger partial charge in [0.1, 0.15) is 5.00 Å². The number of halogens is 2. The molecule has 1 aromatic carbocycles. The van der Waals surface area contributed by atoms with E-state index < -0.39 is 24.8 Å². The van der Waals surface area contributed by atoms with Crippen molar-refractivity contribution in [3.8, 4) is 11.5 Å². The Morgan fingerprint density at radius 1 is 1.14 bits per heavy atom. The maximum absolute atomic E-state index is 13.0. The van der Waals surface area contributed by atoms with Gasteiger partial charge in [0.05, 0.1) is 5.56 Å². The first-order valence-electron chi connectivity index (χ1n) is 8.30. The number of benzene rings is 1. The minimum Gasteiger partial charge on any atom is -0.452 e. The van der Waals surface area contributed by atoms with Crippen LogP contribution in [0.1, 0.15) is 27.7 Å². The highest BCUT2D eigenvalue weighted by Gasteiger charge is 2.43. The van der Waals surface area contributed by atoms with Crippen LogP contribution in [-0.4, -0.2) is 30.7 Å². The lowest BCUT2D eigenvalue weighted by molar-refractivity contribution is -0.286. The predicted octanol–water partition coefficient (Wildman–Crippen LogP) is 3.44. The molecule has 0 aliphatic carbocycles. The van der Waals surface area contributed by atoms with Crippen molar-refractivity contribution in [2.45, 2.75) is 27.1 Å². The molecule has 1 aliphatic heterocycles. The van der Waals surface area contributed by atoms with Crippen LogP contribution in [0, 0.1) is 13.8 Å². The summed E-state index contributed by atoms with van der Waals surface area (Å²) in [6.07, 6.45) is -3.76. The Morgan fingerprint density at radius 2 is 1.83 bits per heavy atom. The fourth-order valence-electron chi connectivity index (χ4n) is 2.55. The quantitative estimate of drug-likeness (QED) is 0.710. The number of fused-ring (bicyclic) bond motifs is 1. The van der Waals surface area contributed by atoms with Crippen molar-refractivity contribution in [3.63, 3.8) is 0 Å². The minimum atomic E-state index is -3.76. The lowest BCUT2D eigenvalue weighted by atomic mass is 10.1. The zero-order chi connectivity index (χ0) is 21.3. The van der Waals surface area contributed by atoms with E-state index in [0.717, 1.165) is 10.9 Å². The fourth-order valence-corrected chi connectivity index (χ4v) is 3.64. The third-order valence-corrected chi connectivity index (χ3v) is 5.02. The highest BCUT2D eigenvalue weighted by molar-refractivity contribution is 7.16. The van der Waals surface area contributed by atoms with Gasteiger partial charge in [0.15, 0.2) is 18.1 Å². The number of carbonyl (C=O) groups excluding carboxylic acids is 3. The van der Waals surface area contributed by atoms with Gasteiger partial charge < -0.3 is 24.8 Å². The van der Waals surface area contributed by atoms with Crippen LogP contribution >= 0.6 is 11.3 Å². The van der Waals surface area contributed by atoms with E-state index in [1.54, 1.807) is 13.8 Å². The number of amides is 2. The zero-order valence-electron chi connectivity index (χ0n) is 15.6. The molecular formula is C18H16F2N2O6S. The van der Waals surface area contributed by atoms with E-state index in [1.165, 1.54) is 30.4 Å². The van der Waals surface area contributed by atoms with Gasteiger partial charge in [0.25, 0.3) is 5.91 Å². The van der Waals surface area contributed by atoms with Crippen LogP contribution in [0.5, 0.6) is 11.5 Å². The number of hydrogen-bond acceptors (Lipinski definition) is 7. The molecule has 0 spiro atoms. The molecule has 1 aliphatic rings. The average molecular weight is 426 g/mol. The molecule has 0 unspecified atom stereocenters. The molecular weight excluding hydrogens is 410 g/mol. The summed E-state index contributed by atoms with van der Waals surface area (Å²) in [4.78, 5) is 36.6. The van der Waals surface area contributed by atoms with Crippen molar-refractivity contribution in [1.29, 1.82) is 0 Å². The summed E-state index contributed by atoms with van der Waals surface area (Å²) in [7, 11) is 0. The van der Waals surface area contributed by atoms with Crippen LogP contribution in [0.2, 0.25) is 0 Å². The molecule has 0 fully saturated rings. The SMILES string of the molecule is CC(=O)Nc1sc(C)c(C)c1C(=O)OCC(=O)Nc1ccc2c(c1)OC(F)(F)O2. The van der Waals surface area contributed by atoms with Crippen LogP contribution in [0.15, 0.2) is 18.2 Å². The van der Waals surface area contributed by atoms with Gasteiger partial charge >= 0.3 is 12.3 Å². The van der Waals surface area contributed by atoms with E-state index in [9.17, 15) is 23.2 Å². The van der Waals surface area contributed by atoms with Gasteiger partial charge in [-0.15, -0.1) is 20.1 Å². The van der Waals surface area contributed by atoms with Crippen LogP contribution in [0.4, 0.5) is 19.5 Å². The number of rotatable bonds is 5. The first kappa shape index (κ1) is 20.5. The van der Waals surface area contributed by atoms with Crippen molar-refractivity contribution >= 4 is 39.8 Å². The Balaban J connectivity index is 1.62. The average Bonchev–Trinajstić information content (AvgIpc) is 3.06. The smallest absolute Gasteiger partial charge is 0.452 e. The summed E-state index contributed by atoms with van der Waals surface area (Å²) in [6.45, 7) is 4.19. The van der Waals surface area contributed by atoms with Crippen LogP contribution < -0.4 is 20.1 Å². The van der Waals surface area contributed by atoms with Crippen molar-refractivity contribution in [2.75, 3.05) is 17.2 Å². The standard InChI is InChI=1S/C18H16F2N2O6S/c1-8-9(2)29-16(21-10(3)23)15(8)17(25)26-7-14(24)22-11-4-5-12-13(6-11)28-18(19,20)27-12/h4-6H,7H2,1-3H3,(H,21,23)(H,22,24). The number of ether oxygens (including phenoxy) is 3. The molecule has 0 saturated heterocycles. The number of esters is 1. The second-order valence-corrected chi connectivity index (χ2v) is 7.35. The van der Waals surface area contributed by atoms with Crippen molar-refractivity contribution in [1.82, 2.24) is 0 Å². The highest BCUT2D eigenvalue weighted by Crippen LogP contribution is 2.42. The Hall–Kier alpha value is -3.21. The number of aryl methyl sites for hydroxylation is 1. The van der Waals surface area contributed by atoms with E-state index >= 15 is 0 Å². The number of carbonyl (C=O) groups is 3. The second kappa shape index (κ2) is 7.66. The van der Waals surface area contributed by atoms with E-state index in [4.69, 9.17) is 4.74 Å². The van der Waals surface area contributed by atoms with Gasteiger partial charge in [0.2, 0.25) is 5.91 Å². The third-order valence-electron chi connectivity index (χ3n) is 3.90. The van der Waals surface area contributed by atoms with Crippen LogP contribution in [0.3, 0.4) is 0 Å². The normalized spacial score (nSPS) is 13.7. The van der Waals surface area contributed by atoms with E-state index in [0.29, 0.717) is 10.6 Å². The highest BCUT2D eigenvalue weighted by atomic mass is 32.1. The van der Waals surface area contributed by atoms with Crippen molar-refractivity contribution < 1.29 is 37.4 Å². The Kier molecular flexibility index (Phi) is 5.42. The molecule has 0 saturated carbocycles. The van der Waals surface area contributed by atoms with Gasteiger partial charge in [-0.25, -0.2) is 4.79 Å². The van der Waals surface area contributed by atoms with Gasteiger partial charge in [-0.3, -0.25) is 9.59 Å². The van der Waals surface area contributed by atoms with Crippen molar-refractivity contribution in [3.05, 3.63) is 34.2 Å². The zero-order valence-corrected chi connectivity index (χ0v) is 16.4. The Labute approximate surface area is 167 Å². The lowest BCUT2D eigenvalue weighted by Crippen LogP contribution is -2.25. The number of alkyl halides is 2. The first-order valence-corrected chi connectivity index (χ1v) is 9.12. The number of anilines is 2. The molecule has 29 heavy (non-hydrogen) atoms. The third kappa shape index (κ3) is 4.62. The summed E-state index contributed by atoms with van der Waals surface area (Å²) in [5, 5.41) is 5.32. The molecule has 0 atom stereocenters. The summed E-state index contributed by atoms with van der Waals surface area (Å²) < 4.78 is 39.7. The second-order valence-electron chi connectivity index (χ2n) is 6.12. The molecule has 154 valence electrons. The first-order chi connectivity index (χ1) is 13.6. The summed E-state index contributed by atoms with van der Waals surface area (Å²) in [5.74, 6) is -2.18.